The summed E-state index contributed by atoms with van der Waals surface area (Å²) in [4.78, 5) is 29.0. The van der Waals surface area contributed by atoms with Crippen LogP contribution in [0.15, 0.2) is 84.3 Å². The van der Waals surface area contributed by atoms with Gasteiger partial charge in [0.1, 0.15) is 0 Å². The Balaban J connectivity index is 1.53. The van der Waals surface area contributed by atoms with Crippen LogP contribution in [0.25, 0.3) is 17.1 Å². The molecule has 0 bridgehead atoms. The van der Waals surface area contributed by atoms with E-state index in [9.17, 15) is 9.59 Å². The molecule has 0 saturated carbocycles. The average Bonchev–Trinajstić information content (AvgIpc) is 3.27. The number of rotatable bonds is 9. The molecule has 1 unspecified atom stereocenters. The minimum Gasteiger partial charge on any atom is -0.345 e. The van der Waals surface area contributed by atoms with Crippen molar-refractivity contribution in [3.05, 3.63) is 90.3 Å². The van der Waals surface area contributed by atoms with Crippen molar-refractivity contribution < 1.29 is 9.59 Å². The normalized spacial score (nSPS) is 11.7. The van der Waals surface area contributed by atoms with E-state index in [-0.39, 0.29) is 17.4 Å². The van der Waals surface area contributed by atoms with Gasteiger partial charge in [0.2, 0.25) is 5.91 Å². The molecule has 0 radical (unpaired) electrons. The maximum atomic E-state index is 12.8. The van der Waals surface area contributed by atoms with Gasteiger partial charge in [0.05, 0.1) is 17.5 Å². The van der Waals surface area contributed by atoms with Crippen molar-refractivity contribution in [3.8, 4) is 17.1 Å². The van der Waals surface area contributed by atoms with Crippen LogP contribution in [-0.4, -0.2) is 43.2 Å². The van der Waals surface area contributed by atoms with Crippen LogP contribution in [0.1, 0.15) is 18.1 Å². The summed E-state index contributed by atoms with van der Waals surface area (Å²) >= 11 is 1.28. The number of Topliss-reactive ketones (excluding diaryl/α,β-unsaturated/α-hetero) is 1. The quantitative estimate of drug-likeness (QED) is 0.371. The number of aryl methyl sites for hydroxylation is 1. The molecule has 7 nitrogen and oxygen atoms in total. The second kappa shape index (κ2) is 10.9. The topological polar surface area (TPSA) is 89.8 Å². The second-order valence-electron chi connectivity index (χ2n) is 7.87. The molecule has 0 fully saturated rings. The molecular weight excluding hydrogens is 446 g/mol. The summed E-state index contributed by atoms with van der Waals surface area (Å²) in [5.74, 6) is 0.473. The van der Waals surface area contributed by atoms with Gasteiger partial charge in [0.25, 0.3) is 0 Å². The Morgan fingerprint density at radius 1 is 0.971 bits per heavy atom. The van der Waals surface area contributed by atoms with Gasteiger partial charge in [-0.25, -0.2) is 0 Å². The first-order valence-electron chi connectivity index (χ1n) is 10.9. The molecule has 1 atom stereocenters. The number of amides is 1. The van der Waals surface area contributed by atoms with Crippen molar-refractivity contribution >= 4 is 23.5 Å². The minimum absolute atomic E-state index is 0.0785. The smallest absolute Gasteiger partial charge is 0.231 e. The Morgan fingerprint density at radius 3 is 2.38 bits per heavy atom. The molecule has 34 heavy (non-hydrogen) atoms. The summed E-state index contributed by atoms with van der Waals surface area (Å²) in [7, 11) is 0. The lowest BCUT2D eigenvalue weighted by Gasteiger charge is -2.16. The van der Waals surface area contributed by atoms with E-state index in [1.54, 1.807) is 12.4 Å². The number of thioether (sulfide) groups is 1. The van der Waals surface area contributed by atoms with Crippen molar-refractivity contribution in [2.75, 3.05) is 5.75 Å². The first-order valence-corrected chi connectivity index (χ1v) is 11.9. The van der Waals surface area contributed by atoms with Crippen LogP contribution in [0, 0.1) is 6.92 Å². The highest BCUT2D eigenvalue weighted by molar-refractivity contribution is 7.99. The monoisotopic (exact) mass is 471 g/mol. The predicted molar refractivity (Wildman–Crippen MR) is 133 cm³/mol. The Hall–Kier alpha value is -3.78. The molecule has 1 N–H and O–H groups in total. The molecule has 1 amide bonds. The fraction of sp³-hybridized carbons (Fsp3) is 0.192. The summed E-state index contributed by atoms with van der Waals surface area (Å²) in [6.07, 6.45) is 3.88. The van der Waals surface area contributed by atoms with Gasteiger partial charge in [-0.15, -0.1) is 10.2 Å². The van der Waals surface area contributed by atoms with Crippen LogP contribution in [0.5, 0.6) is 0 Å². The summed E-state index contributed by atoms with van der Waals surface area (Å²) in [6, 6.07) is 20.8. The Morgan fingerprint density at radius 2 is 1.68 bits per heavy atom. The molecule has 8 heteroatoms. The van der Waals surface area contributed by atoms with E-state index in [4.69, 9.17) is 0 Å². The molecule has 0 aliphatic rings. The summed E-state index contributed by atoms with van der Waals surface area (Å²) in [5.41, 5.74) is 3.87. The number of nitrogens with zero attached hydrogens (tertiary/aromatic N) is 4. The molecule has 172 valence electrons. The maximum Gasteiger partial charge on any atom is 0.231 e. The molecule has 2 aromatic heterocycles. The third-order valence-corrected chi connectivity index (χ3v) is 6.30. The van der Waals surface area contributed by atoms with Gasteiger partial charge in [-0.05, 0) is 49.6 Å². The Kier molecular flexibility index (Phi) is 7.49. The van der Waals surface area contributed by atoms with Crippen LogP contribution in [-0.2, 0) is 16.0 Å². The number of aromatic nitrogens is 4. The number of carbonyl (C=O) groups excluding carboxylic acids is 2. The number of hydrogen-bond acceptors (Lipinski definition) is 6. The number of nitrogens with one attached hydrogen (secondary N) is 1. The lowest BCUT2D eigenvalue weighted by molar-refractivity contribution is -0.125. The van der Waals surface area contributed by atoms with E-state index in [0.717, 1.165) is 22.4 Å². The van der Waals surface area contributed by atoms with Crippen molar-refractivity contribution in [1.82, 2.24) is 25.1 Å². The number of ketones is 1. The Bertz CT molecular complexity index is 1270. The van der Waals surface area contributed by atoms with E-state index < -0.39 is 6.04 Å². The fourth-order valence-electron chi connectivity index (χ4n) is 3.60. The predicted octanol–water partition coefficient (Wildman–Crippen LogP) is 4.05. The summed E-state index contributed by atoms with van der Waals surface area (Å²) in [5, 5.41) is 12.2. The summed E-state index contributed by atoms with van der Waals surface area (Å²) < 4.78 is 1.95. The van der Waals surface area contributed by atoms with Gasteiger partial charge in [-0.1, -0.05) is 60.3 Å². The van der Waals surface area contributed by atoms with Gasteiger partial charge in [0, 0.05) is 18.0 Å². The zero-order valence-corrected chi connectivity index (χ0v) is 19.8. The number of carbonyl (C=O) groups is 2. The molecule has 0 aliphatic heterocycles. The lowest BCUT2D eigenvalue weighted by Crippen LogP contribution is -2.42. The molecule has 0 saturated heterocycles. The zero-order valence-electron chi connectivity index (χ0n) is 19.0. The van der Waals surface area contributed by atoms with Crippen molar-refractivity contribution in [3.63, 3.8) is 0 Å². The van der Waals surface area contributed by atoms with Crippen LogP contribution in [0.3, 0.4) is 0 Å². The third-order valence-electron chi connectivity index (χ3n) is 5.37. The largest absolute Gasteiger partial charge is 0.345 e. The summed E-state index contributed by atoms with van der Waals surface area (Å²) in [6.45, 7) is 3.52. The highest BCUT2D eigenvalue weighted by atomic mass is 32.2. The maximum absolute atomic E-state index is 12.8. The molecule has 4 aromatic rings. The third kappa shape index (κ3) is 5.58. The van der Waals surface area contributed by atoms with Crippen molar-refractivity contribution in [2.45, 2.75) is 31.5 Å². The number of para-hydroxylation sites is 1. The van der Waals surface area contributed by atoms with Gasteiger partial charge >= 0.3 is 0 Å². The van der Waals surface area contributed by atoms with Crippen LogP contribution in [0.4, 0.5) is 0 Å². The van der Waals surface area contributed by atoms with E-state index in [2.05, 4.69) is 20.5 Å². The van der Waals surface area contributed by atoms with Gasteiger partial charge in [0.15, 0.2) is 16.8 Å². The van der Waals surface area contributed by atoms with Crippen LogP contribution >= 0.6 is 11.8 Å². The first-order chi connectivity index (χ1) is 16.5. The molecule has 0 aliphatic carbocycles. The number of pyridine rings is 1. The SMILES string of the molecule is CC(=O)C(Cc1ccccc1)NC(=O)CSc1nnc(-c2ccncc2)n1-c1ccccc1C. The first kappa shape index (κ1) is 23.4. The molecule has 0 spiro atoms. The van der Waals surface area contributed by atoms with Gasteiger partial charge in [-0.3, -0.25) is 19.1 Å². The van der Waals surface area contributed by atoms with Crippen molar-refractivity contribution in [2.24, 2.45) is 0 Å². The van der Waals surface area contributed by atoms with Gasteiger partial charge in [-0.2, -0.15) is 0 Å². The second-order valence-corrected chi connectivity index (χ2v) is 8.82. The molecule has 2 heterocycles. The van der Waals surface area contributed by atoms with Gasteiger partial charge < -0.3 is 5.32 Å². The van der Waals surface area contributed by atoms with Crippen LogP contribution in [0.2, 0.25) is 0 Å². The minimum atomic E-state index is -0.572. The van der Waals surface area contributed by atoms with E-state index in [1.807, 2.05) is 78.2 Å². The highest BCUT2D eigenvalue weighted by Crippen LogP contribution is 2.29. The molecule has 4 rings (SSSR count). The number of hydrogen-bond donors (Lipinski definition) is 1. The van der Waals surface area contributed by atoms with E-state index in [1.165, 1.54) is 18.7 Å². The average molecular weight is 472 g/mol. The standard InChI is InChI=1S/C26H25N5O2S/c1-18-8-6-7-11-23(18)31-25(21-12-14-27-15-13-21)29-30-26(31)34-17-24(33)28-22(19(2)32)16-20-9-4-3-5-10-20/h3-15,22H,16-17H2,1-2H3,(H,28,33). The van der Waals surface area contributed by atoms with E-state index in [0.29, 0.717) is 17.4 Å². The lowest BCUT2D eigenvalue weighted by atomic mass is 10.0. The highest BCUT2D eigenvalue weighted by Gasteiger charge is 2.21. The zero-order chi connectivity index (χ0) is 23.9. The van der Waals surface area contributed by atoms with E-state index >= 15 is 0 Å². The van der Waals surface area contributed by atoms with Crippen LogP contribution < -0.4 is 5.32 Å². The van der Waals surface area contributed by atoms with Crippen molar-refractivity contribution in [1.29, 1.82) is 0 Å². The number of benzene rings is 2. The fourth-order valence-corrected chi connectivity index (χ4v) is 4.35. The Labute approximate surface area is 202 Å². The molecule has 2 aromatic carbocycles. The molecular formula is C26H25N5O2S.